The summed E-state index contributed by atoms with van der Waals surface area (Å²) in [5.74, 6) is -0.604. The largest absolute Gasteiger partial charge is 0.478 e. The van der Waals surface area contributed by atoms with E-state index in [1.165, 1.54) is 12.1 Å². The minimum Gasteiger partial charge on any atom is -0.478 e. The molecule has 5 nitrogen and oxygen atoms in total. The molecular formula is C14H11NO4. The summed E-state index contributed by atoms with van der Waals surface area (Å²) in [6.07, 6.45) is 0.659. The van der Waals surface area contributed by atoms with E-state index in [-0.39, 0.29) is 17.0 Å². The fourth-order valence-corrected chi connectivity index (χ4v) is 1.61. The van der Waals surface area contributed by atoms with Gasteiger partial charge in [-0.25, -0.2) is 4.79 Å². The zero-order valence-electron chi connectivity index (χ0n) is 9.87. The van der Waals surface area contributed by atoms with Crippen molar-refractivity contribution < 1.29 is 19.4 Å². The maximum Gasteiger partial charge on any atom is 0.337 e. The number of hydrogen-bond acceptors (Lipinski definition) is 4. The van der Waals surface area contributed by atoms with E-state index in [0.29, 0.717) is 17.6 Å². The average Bonchev–Trinajstić information content (AvgIpc) is 2.41. The second-order valence-corrected chi connectivity index (χ2v) is 3.78. The van der Waals surface area contributed by atoms with E-state index in [1.54, 1.807) is 30.3 Å². The molecule has 0 atom stereocenters. The van der Waals surface area contributed by atoms with Crippen molar-refractivity contribution >= 4 is 17.9 Å². The maximum atomic E-state index is 11.0. The van der Waals surface area contributed by atoms with E-state index in [4.69, 9.17) is 15.6 Å². The first-order chi connectivity index (χ1) is 9.13. The minimum atomic E-state index is -1.13. The fraction of sp³-hybridized carbons (Fsp3) is 0. The Morgan fingerprint density at radius 2 is 1.79 bits per heavy atom. The van der Waals surface area contributed by atoms with Crippen molar-refractivity contribution in [2.45, 2.75) is 0 Å². The Kier molecular flexibility index (Phi) is 3.47. The van der Waals surface area contributed by atoms with Crippen molar-refractivity contribution in [3.8, 4) is 11.5 Å². The van der Waals surface area contributed by atoms with Gasteiger partial charge in [0.1, 0.15) is 5.75 Å². The Labute approximate surface area is 109 Å². The predicted octanol–water partition coefficient (Wildman–Crippen LogP) is 2.57. The van der Waals surface area contributed by atoms with Gasteiger partial charge in [-0.2, -0.15) is 0 Å². The van der Waals surface area contributed by atoms with E-state index in [9.17, 15) is 9.59 Å². The summed E-state index contributed by atoms with van der Waals surface area (Å²) in [6, 6.07) is 11.1. The van der Waals surface area contributed by atoms with Crippen LogP contribution in [0.5, 0.6) is 11.5 Å². The maximum absolute atomic E-state index is 11.0. The lowest BCUT2D eigenvalue weighted by Crippen LogP contribution is -2.04. The standard InChI is InChI=1S/C14H11NO4/c15-13-10(14(17)18)5-3-7-12(13)19-11-6-2-1-4-9(11)8-16/h1-8H,15H2,(H,17,18). The number of ether oxygens (including phenoxy) is 1. The smallest absolute Gasteiger partial charge is 0.337 e. The predicted molar refractivity (Wildman–Crippen MR) is 69.7 cm³/mol. The number of nitrogens with two attached hydrogens (primary N) is 1. The van der Waals surface area contributed by atoms with Crippen molar-refractivity contribution in [2.75, 3.05) is 5.73 Å². The molecule has 0 spiro atoms. The lowest BCUT2D eigenvalue weighted by molar-refractivity contribution is 0.0697. The van der Waals surface area contributed by atoms with Crippen molar-refractivity contribution in [3.05, 3.63) is 53.6 Å². The van der Waals surface area contributed by atoms with Gasteiger partial charge >= 0.3 is 5.97 Å². The number of para-hydroxylation sites is 2. The van der Waals surface area contributed by atoms with Gasteiger partial charge in [-0.05, 0) is 24.3 Å². The van der Waals surface area contributed by atoms with Crippen LogP contribution in [0.15, 0.2) is 42.5 Å². The van der Waals surface area contributed by atoms with Crippen molar-refractivity contribution in [1.29, 1.82) is 0 Å². The molecule has 0 saturated heterocycles. The molecule has 0 aliphatic carbocycles. The van der Waals surface area contributed by atoms with E-state index in [2.05, 4.69) is 0 Å². The summed E-state index contributed by atoms with van der Waals surface area (Å²) in [7, 11) is 0. The Morgan fingerprint density at radius 3 is 2.47 bits per heavy atom. The Bertz CT molecular complexity index is 637. The molecule has 0 bridgehead atoms. The number of rotatable bonds is 4. The molecule has 0 amide bonds. The number of hydrogen-bond donors (Lipinski definition) is 2. The van der Waals surface area contributed by atoms with E-state index < -0.39 is 5.97 Å². The van der Waals surface area contributed by atoms with Gasteiger partial charge in [-0.15, -0.1) is 0 Å². The van der Waals surface area contributed by atoms with Gasteiger partial charge in [-0.1, -0.05) is 18.2 Å². The Hall–Kier alpha value is -2.82. The van der Waals surface area contributed by atoms with Gasteiger partial charge in [0.05, 0.1) is 16.8 Å². The molecular weight excluding hydrogens is 246 g/mol. The molecule has 0 heterocycles. The molecule has 0 aromatic heterocycles. The van der Waals surface area contributed by atoms with Crippen LogP contribution in [0.2, 0.25) is 0 Å². The van der Waals surface area contributed by atoms with Gasteiger partial charge in [0, 0.05) is 0 Å². The quantitative estimate of drug-likeness (QED) is 0.649. The summed E-state index contributed by atoms with van der Waals surface area (Å²) >= 11 is 0. The second-order valence-electron chi connectivity index (χ2n) is 3.78. The minimum absolute atomic E-state index is 0.0238. The number of aldehydes is 1. The third kappa shape index (κ3) is 2.55. The lowest BCUT2D eigenvalue weighted by Gasteiger charge is -2.11. The highest BCUT2D eigenvalue weighted by Gasteiger charge is 2.13. The van der Waals surface area contributed by atoms with E-state index >= 15 is 0 Å². The number of nitrogen functional groups attached to an aromatic ring is 1. The summed E-state index contributed by atoms with van der Waals surface area (Å²) in [4.78, 5) is 21.8. The molecule has 0 radical (unpaired) electrons. The number of carbonyl (C=O) groups is 2. The van der Waals surface area contributed by atoms with Crippen LogP contribution in [0.4, 0.5) is 5.69 Å². The first-order valence-electron chi connectivity index (χ1n) is 5.47. The molecule has 2 rings (SSSR count). The topological polar surface area (TPSA) is 89.6 Å². The van der Waals surface area contributed by atoms with Crippen LogP contribution >= 0.6 is 0 Å². The first kappa shape index (κ1) is 12.6. The number of benzene rings is 2. The van der Waals surface area contributed by atoms with Crippen molar-refractivity contribution in [3.63, 3.8) is 0 Å². The van der Waals surface area contributed by atoms with Crippen molar-refractivity contribution in [1.82, 2.24) is 0 Å². The van der Waals surface area contributed by atoms with Gasteiger partial charge in [0.15, 0.2) is 12.0 Å². The molecule has 5 heteroatoms. The average molecular weight is 257 g/mol. The van der Waals surface area contributed by atoms with Crippen molar-refractivity contribution in [2.24, 2.45) is 0 Å². The van der Waals surface area contributed by atoms with Gasteiger partial charge in [0.25, 0.3) is 0 Å². The van der Waals surface area contributed by atoms with Crippen LogP contribution in [-0.4, -0.2) is 17.4 Å². The molecule has 3 N–H and O–H groups in total. The highest BCUT2D eigenvalue weighted by molar-refractivity contribution is 5.95. The number of anilines is 1. The molecule has 0 unspecified atom stereocenters. The third-order valence-electron chi connectivity index (χ3n) is 2.56. The Balaban J connectivity index is 2.41. The molecule has 0 aliphatic rings. The summed E-state index contributed by atoms with van der Waals surface area (Å²) in [5.41, 5.74) is 6.08. The lowest BCUT2D eigenvalue weighted by atomic mass is 10.1. The Morgan fingerprint density at radius 1 is 1.11 bits per heavy atom. The normalized spacial score (nSPS) is 9.89. The molecule has 0 saturated carbocycles. The van der Waals surface area contributed by atoms with Crippen LogP contribution in [-0.2, 0) is 0 Å². The van der Waals surface area contributed by atoms with Gasteiger partial charge in [0.2, 0.25) is 0 Å². The van der Waals surface area contributed by atoms with Gasteiger partial charge < -0.3 is 15.6 Å². The van der Waals surface area contributed by atoms with Gasteiger partial charge in [-0.3, -0.25) is 4.79 Å². The first-order valence-corrected chi connectivity index (χ1v) is 5.47. The van der Waals surface area contributed by atoms with Crippen LogP contribution < -0.4 is 10.5 Å². The SMILES string of the molecule is Nc1c(Oc2ccccc2C=O)cccc1C(=O)O. The summed E-state index contributed by atoms with van der Waals surface area (Å²) in [6.45, 7) is 0. The molecule has 19 heavy (non-hydrogen) atoms. The number of carboxylic acid groups (broad SMARTS) is 1. The van der Waals surface area contributed by atoms with Crippen LogP contribution in [0.25, 0.3) is 0 Å². The van der Waals surface area contributed by atoms with Crippen LogP contribution in [0.3, 0.4) is 0 Å². The third-order valence-corrected chi connectivity index (χ3v) is 2.56. The molecule has 2 aromatic rings. The highest BCUT2D eigenvalue weighted by atomic mass is 16.5. The zero-order chi connectivity index (χ0) is 13.8. The van der Waals surface area contributed by atoms with Crippen LogP contribution in [0, 0.1) is 0 Å². The fourth-order valence-electron chi connectivity index (χ4n) is 1.61. The molecule has 0 aliphatic heterocycles. The number of aromatic carboxylic acids is 1. The highest BCUT2D eigenvalue weighted by Crippen LogP contribution is 2.31. The van der Waals surface area contributed by atoms with Crippen LogP contribution in [0.1, 0.15) is 20.7 Å². The molecule has 2 aromatic carbocycles. The second kappa shape index (κ2) is 5.22. The summed E-state index contributed by atoms with van der Waals surface area (Å²) < 4.78 is 5.50. The molecule has 0 fully saturated rings. The van der Waals surface area contributed by atoms with E-state index in [0.717, 1.165) is 0 Å². The molecule has 96 valence electrons. The monoisotopic (exact) mass is 257 g/mol. The number of carbonyl (C=O) groups excluding carboxylic acids is 1. The number of carboxylic acids is 1. The van der Waals surface area contributed by atoms with E-state index in [1.807, 2.05) is 0 Å². The summed E-state index contributed by atoms with van der Waals surface area (Å²) in [5, 5.41) is 8.97. The zero-order valence-corrected chi connectivity index (χ0v) is 9.87.